The molecule has 2 heterocycles. The average molecular weight is 395 g/mol. The summed E-state index contributed by atoms with van der Waals surface area (Å²) < 4.78 is 44.6. The van der Waals surface area contributed by atoms with Crippen LogP contribution in [-0.2, 0) is 28.9 Å². The highest BCUT2D eigenvalue weighted by molar-refractivity contribution is 7.13. The summed E-state index contributed by atoms with van der Waals surface area (Å²) in [7, 11) is 0. The second kappa shape index (κ2) is 7.51. The van der Waals surface area contributed by atoms with E-state index in [9.17, 15) is 18.0 Å². The molecule has 0 atom stereocenters. The Hall–Kier alpha value is -2.68. The predicted molar refractivity (Wildman–Crippen MR) is 94.0 cm³/mol. The molecule has 0 saturated carbocycles. The Morgan fingerprint density at radius 3 is 2.52 bits per heavy atom. The van der Waals surface area contributed by atoms with Gasteiger partial charge in [-0.15, -0.1) is 11.3 Å². The second-order valence-corrected chi connectivity index (χ2v) is 6.82. The van der Waals surface area contributed by atoms with Crippen LogP contribution in [0.15, 0.2) is 35.7 Å². The number of aryl methyl sites for hydroxylation is 2. The Morgan fingerprint density at radius 1 is 1.22 bits per heavy atom. The number of rotatable bonds is 5. The molecule has 5 nitrogen and oxygen atoms in total. The lowest BCUT2D eigenvalue weighted by molar-refractivity contribution is -0.146. The largest absolute Gasteiger partial charge is 0.458 e. The SMILES string of the molecule is Cc1cc(C)n(CC(=O)OCc2csc(-c3ccc(C(F)(F)F)cc3)n2)n1. The van der Waals surface area contributed by atoms with E-state index in [2.05, 4.69) is 10.1 Å². The van der Waals surface area contributed by atoms with Crippen LogP contribution in [0, 0.1) is 13.8 Å². The van der Waals surface area contributed by atoms with Crippen LogP contribution in [0.3, 0.4) is 0 Å². The number of halogens is 3. The molecule has 0 unspecified atom stereocenters. The normalized spacial score (nSPS) is 11.6. The van der Waals surface area contributed by atoms with E-state index in [0.29, 0.717) is 16.3 Å². The minimum atomic E-state index is -4.37. The topological polar surface area (TPSA) is 57.0 Å². The van der Waals surface area contributed by atoms with Crippen molar-refractivity contribution in [2.75, 3.05) is 0 Å². The van der Waals surface area contributed by atoms with Gasteiger partial charge >= 0.3 is 12.1 Å². The number of carbonyl (C=O) groups excluding carboxylic acids is 1. The molecule has 0 aliphatic carbocycles. The van der Waals surface area contributed by atoms with Crippen LogP contribution < -0.4 is 0 Å². The molecule has 0 radical (unpaired) electrons. The van der Waals surface area contributed by atoms with Crippen molar-refractivity contribution >= 4 is 17.3 Å². The molecule has 0 saturated heterocycles. The third-order valence-electron chi connectivity index (χ3n) is 3.77. The quantitative estimate of drug-likeness (QED) is 0.602. The van der Waals surface area contributed by atoms with E-state index >= 15 is 0 Å². The van der Waals surface area contributed by atoms with E-state index in [4.69, 9.17) is 4.74 Å². The highest BCUT2D eigenvalue weighted by Crippen LogP contribution is 2.31. The van der Waals surface area contributed by atoms with Gasteiger partial charge in [0.2, 0.25) is 0 Å². The van der Waals surface area contributed by atoms with E-state index in [1.165, 1.54) is 23.5 Å². The van der Waals surface area contributed by atoms with Crippen LogP contribution in [0.1, 0.15) is 22.6 Å². The minimum absolute atomic E-state index is 0.00470. The number of aromatic nitrogens is 3. The lowest BCUT2D eigenvalue weighted by Crippen LogP contribution is -2.15. The summed E-state index contributed by atoms with van der Waals surface area (Å²) in [6, 6.07) is 6.65. The van der Waals surface area contributed by atoms with Crippen LogP contribution in [0.5, 0.6) is 0 Å². The molecule has 2 aromatic heterocycles. The van der Waals surface area contributed by atoms with Crippen LogP contribution in [-0.4, -0.2) is 20.7 Å². The van der Waals surface area contributed by atoms with Gasteiger partial charge in [-0.2, -0.15) is 18.3 Å². The number of carbonyl (C=O) groups is 1. The first-order chi connectivity index (χ1) is 12.7. The van der Waals surface area contributed by atoms with Crippen molar-refractivity contribution in [2.24, 2.45) is 0 Å². The molecule has 0 aliphatic rings. The van der Waals surface area contributed by atoms with E-state index in [1.54, 1.807) is 10.1 Å². The van der Waals surface area contributed by atoms with E-state index in [1.807, 2.05) is 19.9 Å². The molecule has 0 spiro atoms. The fourth-order valence-electron chi connectivity index (χ4n) is 2.47. The lowest BCUT2D eigenvalue weighted by Gasteiger charge is -2.06. The molecule has 0 bridgehead atoms. The fourth-order valence-corrected chi connectivity index (χ4v) is 3.28. The molecule has 27 heavy (non-hydrogen) atoms. The van der Waals surface area contributed by atoms with Crippen molar-refractivity contribution in [1.82, 2.24) is 14.8 Å². The van der Waals surface area contributed by atoms with E-state index in [0.717, 1.165) is 23.5 Å². The Morgan fingerprint density at radius 2 is 1.93 bits per heavy atom. The molecular weight excluding hydrogens is 379 g/mol. The van der Waals surface area contributed by atoms with Gasteiger partial charge < -0.3 is 4.74 Å². The fraction of sp³-hybridized carbons (Fsp3) is 0.278. The maximum atomic E-state index is 12.6. The monoisotopic (exact) mass is 395 g/mol. The summed E-state index contributed by atoms with van der Waals surface area (Å²) in [4.78, 5) is 16.3. The summed E-state index contributed by atoms with van der Waals surface area (Å²) >= 11 is 1.28. The van der Waals surface area contributed by atoms with Gasteiger partial charge in [0.1, 0.15) is 18.2 Å². The maximum absolute atomic E-state index is 12.6. The lowest BCUT2D eigenvalue weighted by atomic mass is 10.1. The smallest absolute Gasteiger partial charge is 0.416 e. The first kappa shape index (κ1) is 19.1. The maximum Gasteiger partial charge on any atom is 0.416 e. The summed E-state index contributed by atoms with van der Waals surface area (Å²) in [5.74, 6) is -0.440. The van der Waals surface area contributed by atoms with Crippen molar-refractivity contribution in [2.45, 2.75) is 33.2 Å². The molecule has 3 rings (SSSR count). The van der Waals surface area contributed by atoms with Crippen molar-refractivity contribution < 1.29 is 22.7 Å². The number of benzene rings is 1. The number of ether oxygens (including phenoxy) is 1. The third kappa shape index (κ3) is 4.73. The predicted octanol–water partition coefficient (Wildman–Crippen LogP) is 4.39. The number of alkyl halides is 3. The summed E-state index contributed by atoms with van der Waals surface area (Å²) in [5, 5.41) is 6.47. The van der Waals surface area contributed by atoms with Crippen LogP contribution in [0.25, 0.3) is 10.6 Å². The van der Waals surface area contributed by atoms with Crippen molar-refractivity contribution in [3.05, 3.63) is 58.4 Å². The summed E-state index contributed by atoms with van der Waals surface area (Å²) in [6.45, 7) is 3.70. The van der Waals surface area contributed by atoms with Gasteiger partial charge in [0.05, 0.1) is 17.0 Å². The van der Waals surface area contributed by atoms with Crippen LogP contribution in [0.2, 0.25) is 0 Å². The zero-order valence-corrected chi connectivity index (χ0v) is 15.4. The molecule has 9 heteroatoms. The highest BCUT2D eigenvalue weighted by atomic mass is 32.1. The summed E-state index contributed by atoms with van der Waals surface area (Å²) in [5.41, 5.74) is 2.09. The minimum Gasteiger partial charge on any atom is -0.458 e. The van der Waals surface area contributed by atoms with Gasteiger partial charge in [-0.05, 0) is 32.0 Å². The molecule has 0 N–H and O–H groups in total. The zero-order valence-electron chi connectivity index (χ0n) is 14.6. The number of nitrogens with zero attached hydrogens (tertiary/aromatic N) is 3. The third-order valence-corrected chi connectivity index (χ3v) is 4.71. The van der Waals surface area contributed by atoms with Crippen LogP contribution in [0.4, 0.5) is 13.2 Å². The Bertz CT molecular complexity index is 946. The van der Waals surface area contributed by atoms with Gasteiger partial charge in [-0.3, -0.25) is 9.48 Å². The van der Waals surface area contributed by atoms with Gasteiger partial charge in [0, 0.05) is 16.6 Å². The zero-order chi connectivity index (χ0) is 19.6. The first-order valence-electron chi connectivity index (χ1n) is 8.01. The average Bonchev–Trinajstić information content (AvgIpc) is 3.19. The van der Waals surface area contributed by atoms with Crippen LogP contribution >= 0.6 is 11.3 Å². The number of hydrogen-bond acceptors (Lipinski definition) is 5. The number of esters is 1. The van der Waals surface area contributed by atoms with Gasteiger partial charge in [-0.1, -0.05) is 12.1 Å². The summed E-state index contributed by atoms with van der Waals surface area (Å²) in [6.07, 6.45) is -4.37. The molecule has 3 aromatic rings. The molecule has 0 fully saturated rings. The van der Waals surface area contributed by atoms with Gasteiger partial charge in [0.25, 0.3) is 0 Å². The molecular formula is C18H16F3N3O2S. The standard InChI is InChI=1S/C18H16F3N3O2S/c1-11-7-12(2)24(23-11)8-16(25)26-9-15-10-27-17(22-15)13-3-5-14(6-4-13)18(19,20)21/h3-7,10H,8-9H2,1-2H3. The Kier molecular flexibility index (Phi) is 5.31. The Labute approximate surface area is 157 Å². The van der Waals surface area contributed by atoms with E-state index < -0.39 is 17.7 Å². The molecule has 0 amide bonds. The Balaban J connectivity index is 1.59. The van der Waals surface area contributed by atoms with Crippen molar-refractivity contribution in [1.29, 1.82) is 0 Å². The van der Waals surface area contributed by atoms with Gasteiger partial charge in [-0.25, -0.2) is 4.98 Å². The van der Waals surface area contributed by atoms with Gasteiger partial charge in [0.15, 0.2) is 0 Å². The van der Waals surface area contributed by atoms with Crippen molar-refractivity contribution in [3.63, 3.8) is 0 Å². The van der Waals surface area contributed by atoms with E-state index in [-0.39, 0.29) is 13.2 Å². The highest BCUT2D eigenvalue weighted by Gasteiger charge is 2.30. The molecule has 142 valence electrons. The van der Waals surface area contributed by atoms with Crippen molar-refractivity contribution in [3.8, 4) is 10.6 Å². The number of hydrogen-bond donors (Lipinski definition) is 0. The second-order valence-electron chi connectivity index (χ2n) is 5.96. The molecule has 0 aliphatic heterocycles. The first-order valence-corrected chi connectivity index (χ1v) is 8.89. The molecule has 1 aromatic carbocycles. The number of thiazole rings is 1.